The van der Waals surface area contributed by atoms with Crippen molar-refractivity contribution in [2.75, 3.05) is 0 Å². The lowest BCUT2D eigenvalue weighted by Gasteiger charge is -2.07. The number of aryl methyl sites for hydroxylation is 2. The Balaban J connectivity index is 2.00. The van der Waals surface area contributed by atoms with E-state index < -0.39 is 0 Å². The number of carbonyl (C=O) groups is 1. The van der Waals surface area contributed by atoms with Crippen molar-refractivity contribution in [3.63, 3.8) is 0 Å². The first-order valence-electron chi connectivity index (χ1n) is 8.59. The molecule has 0 aliphatic carbocycles. The minimum Gasteiger partial charge on any atom is -0.295 e. The summed E-state index contributed by atoms with van der Waals surface area (Å²) < 4.78 is 3.64. The van der Waals surface area contributed by atoms with Gasteiger partial charge in [-0.15, -0.1) is 6.42 Å². The second-order valence-electron chi connectivity index (χ2n) is 6.50. The largest absolute Gasteiger partial charge is 0.295 e. The van der Waals surface area contributed by atoms with Crippen LogP contribution in [-0.4, -0.2) is 24.9 Å². The lowest BCUT2D eigenvalue weighted by atomic mass is 9.97. The summed E-state index contributed by atoms with van der Waals surface area (Å²) in [5, 5.41) is 4.45. The van der Waals surface area contributed by atoms with E-state index in [1.54, 1.807) is 23.0 Å². The summed E-state index contributed by atoms with van der Waals surface area (Å²) in [6.07, 6.45) is 9.62. The van der Waals surface area contributed by atoms with E-state index in [1.165, 1.54) is 6.92 Å². The van der Waals surface area contributed by atoms with Crippen LogP contribution in [0.2, 0.25) is 0 Å². The van der Waals surface area contributed by atoms with Crippen LogP contribution in [0.1, 0.15) is 28.7 Å². The van der Waals surface area contributed by atoms with E-state index in [4.69, 9.17) is 11.4 Å². The highest BCUT2D eigenvalue weighted by molar-refractivity contribution is 5.95. The number of fused-ring (bicyclic) bond motifs is 1. The zero-order valence-electron chi connectivity index (χ0n) is 15.4. The standard InChI is InChI=1S/C22H18N4O/c1-5-20-22(23-21-12-16(15(3)27)10-11-26(20)21)18-9-7-6-8-17(18)19-13-25(4)24-14(19)2/h1,6-13H,2-4H3. The Morgan fingerprint density at radius 2 is 1.89 bits per heavy atom. The number of imidazole rings is 1. The number of benzene rings is 1. The van der Waals surface area contributed by atoms with E-state index in [0.717, 1.165) is 28.1 Å². The van der Waals surface area contributed by atoms with E-state index in [1.807, 2.05) is 48.8 Å². The van der Waals surface area contributed by atoms with Crippen molar-refractivity contribution < 1.29 is 4.79 Å². The molecule has 0 radical (unpaired) electrons. The van der Waals surface area contributed by atoms with Gasteiger partial charge in [-0.2, -0.15) is 5.10 Å². The smallest absolute Gasteiger partial charge is 0.159 e. The lowest BCUT2D eigenvalue weighted by Crippen LogP contribution is -1.95. The molecular weight excluding hydrogens is 336 g/mol. The van der Waals surface area contributed by atoms with Crippen molar-refractivity contribution in [3.8, 4) is 34.7 Å². The maximum Gasteiger partial charge on any atom is 0.159 e. The molecule has 27 heavy (non-hydrogen) atoms. The quantitative estimate of drug-likeness (QED) is 0.414. The highest BCUT2D eigenvalue weighted by atomic mass is 16.1. The number of ketones is 1. The fraction of sp³-hybridized carbons (Fsp3) is 0.136. The predicted molar refractivity (Wildman–Crippen MR) is 106 cm³/mol. The maximum atomic E-state index is 11.7. The number of Topliss-reactive ketones (excluding diaryl/α,β-unsaturated/α-hetero) is 1. The highest BCUT2D eigenvalue weighted by Crippen LogP contribution is 2.35. The fourth-order valence-corrected chi connectivity index (χ4v) is 3.38. The predicted octanol–water partition coefficient (Wildman–Crippen LogP) is 3.89. The van der Waals surface area contributed by atoms with Gasteiger partial charge in [0.15, 0.2) is 5.78 Å². The molecule has 0 aliphatic heterocycles. The van der Waals surface area contributed by atoms with Crippen LogP contribution >= 0.6 is 0 Å². The van der Waals surface area contributed by atoms with Gasteiger partial charge in [0, 0.05) is 36.1 Å². The fourth-order valence-electron chi connectivity index (χ4n) is 3.38. The minimum atomic E-state index is -0.00399. The average molecular weight is 354 g/mol. The van der Waals surface area contributed by atoms with Crippen LogP contribution in [0.4, 0.5) is 0 Å². The van der Waals surface area contributed by atoms with Crippen LogP contribution in [0.5, 0.6) is 0 Å². The summed E-state index contributed by atoms with van der Waals surface area (Å²) in [4.78, 5) is 16.5. The van der Waals surface area contributed by atoms with Gasteiger partial charge in [-0.3, -0.25) is 13.9 Å². The summed E-state index contributed by atoms with van der Waals surface area (Å²) in [5.74, 6) is 2.75. The van der Waals surface area contributed by atoms with Crippen LogP contribution in [0.25, 0.3) is 28.0 Å². The van der Waals surface area contributed by atoms with Gasteiger partial charge in [0.25, 0.3) is 0 Å². The molecule has 0 fully saturated rings. The van der Waals surface area contributed by atoms with Crippen LogP contribution in [0.15, 0.2) is 48.8 Å². The first kappa shape index (κ1) is 16.8. The molecule has 5 nitrogen and oxygen atoms in total. The molecule has 0 saturated carbocycles. The Morgan fingerprint density at radius 3 is 2.52 bits per heavy atom. The Labute approximate surface area is 157 Å². The van der Waals surface area contributed by atoms with E-state index in [0.29, 0.717) is 16.9 Å². The second-order valence-corrected chi connectivity index (χ2v) is 6.50. The van der Waals surface area contributed by atoms with Crippen molar-refractivity contribution >= 4 is 11.4 Å². The number of pyridine rings is 1. The summed E-state index contributed by atoms with van der Waals surface area (Å²) >= 11 is 0. The summed E-state index contributed by atoms with van der Waals surface area (Å²) in [7, 11) is 1.90. The number of hydrogen-bond acceptors (Lipinski definition) is 3. The molecular formula is C22H18N4O. The number of carbonyl (C=O) groups excluding carboxylic acids is 1. The van der Waals surface area contributed by atoms with Crippen molar-refractivity contribution in [3.05, 3.63) is 65.7 Å². The third kappa shape index (κ3) is 2.72. The SMILES string of the molecule is C#Cc1c(-c2ccccc2-c2cn(C)nc2C)nc2cc(C(C)=O)ccn12. The summed E-state index contributed by atoms with van der Waals surface area (Å²) in [6, 6.07) is 11.5. The van der Waals surface area contributed by atoms with Crippen molar-refractivity contribution in [1.29, 1.82) is 0 Å². The normalized spacial score (nSPS) is 10.9. The van der Waals surface area contributed by atoms with Gasteiger partial charge >= 0.3 is 0 Å². The van der Waals surface area contributed by atoms with Gasteiger partial charge in [0.05, 0.1) is 5.69 Å². The monoisotopic (exact) mass is 354 g/mol. The zero-order valence-corrected chi connectivity index (χ0v) is 15.4. The molecule has 4 rings (SSSR count). The topological polar surface area (TPSA) is 52.2 Å². The maximum absolute atomic E-state index is 11.7. The van der Waals surface area contributed by atoms with Gasteiger partial charge < -0.3 is 0 Å². The summed E-state index contributed by atoms with van der Waals surface area (Å²) in [5.41, 5.74) is 6.59. The van der Waals surface area contributed by atoms with Gasteiger partial charge in [0.2, 0.25) is 0 Å². The minimum absolute atomic E-state index is 0.00399. The molecule has 0 saturated heterocycles. The zero-order chi connectivity index (χ0) is 19.1. The van der Waals surface area contributed by atoms with E-state index in [2.05, 4.69) is 11.0 Å². The van der Waals surface area contributed by atoms with E-state index in [-0.39, 0.29) is 5.78 Å². The van der Waals surface area contributed by atoms with E-state index in [9.17, 15) is 4.79 Å². The van der Waals surface area contributed by atoms with Gasteiger partial charge in [-0.1, -0.05) is 24.3 Å². The van der Waals surface area contributed by atoms with Crippen molar-refractivity contribution in [2.45, 2.75) is 13.8 Å². The van der Waals surface area contributed by atoms with Crippen LogP contribution in [0, 0.1) is 19.3 Å². The molecule has 5 heteroatoms. The molecule has 0 N–H and O–H groups in total. The highest BCUT2D eigenvalue weighted by Gasteiger charge is 2.18. The molecule has 132 valence electrons. The number of rotatable bonds is 3. The average Bonchev–Trinajstić information content (AvgIpc) is 3.19. The van der Waals surface area contributed by atoms with Crippen molar-refractivity contribution in [2.24, 2.45) is 7.05 Å². The summed E-state index contributed by atoms with van der Waals surface area (Å²) in [6.45, 7) is 3.52. The van der Waals surface area contributed by atoms with Crippen molar-refractivity contribution in [1.82, 2.24) is 19.2 Å². The molecule has 0 atom stereocenters. The third-order valence-corrected chi connectivity index (χ3v) is 4.66. The Kier molecular flexibility index (Phi) is 3.89. The number of terminal acetylenes is 1. The molecule has 4 aromatic rings. The van der Waals surface area contributed by atoms with Gasteiger partial charge in [0.1, 0.15) is 17.0 Å². The Hall–Kier alpha value is -3.65. The molecule has 0 bridgehead atoms. The third-order valence-electron chi connectivity index (χ3n) is 4.66. The second kappa shape index (κ2) is 6.26. The Bertz CT molecular complexity index is 1240. The number of nitrogens with zero attached hydrogens (tertiary/aromatic N) is 4. The molecule has 0 aliphatic rings. The Morgan fingerprint density at radius 1 is 1.15 bits per heavy atom. The number of aromatic nitrogens is 4. The van der Waals surface area contributed by atoms with Gasteiger partial charge in [-0.05, 0) is 37.5 Å². The lowest BCUT2D eigenvalue weighted by molar-refractivity contribution is 0.101. The molecule has 3 heterocycles. The molecule has 1 aromatic carbocycles. The van der Waals surface area contributed by atoms with E-state index >= 15 is 0 Å². The van der Waals surface area contributed by atoms with Crippen LogP contribution < -0.4 is 0 Å². The molecule has 3 aromatic heterocycles. The van der Waals surface area contributed by atoms with Gasteiger partial charge in [-0.25, -0.2) is 4.98 Å². The van der Waals surface area contributed by atoms with Crippen LogP contribution in [0.3, 0.4) is 0 Å². The first-order valence-corrected chi connectivity index (χ1v) is 8.59. The first-order chi connectivity index (χ1) is 13.0. The molecule has 0 unspecified atom stereocenters. The number of hydrogen-bond donors (Lipinski definition) is 0. The van der Waals surface area contributed by atoms with Crippen LogP contribution in [-0.2, 0) is 7.05 Å². The molecule has 0 spiro atoms. The molecule has 0 amide bonds.